The zero-order chi connectivity index (χ0) is 31.2. The Balaban J connectivity index is 1.18. The largest absolute Gasteiger partial charge is 0.488 e. The number of hydrogen-bond donors (Lipinski definition) is 0. The van der Waals surface area contributed by atoms with E-state index in [1.54, 1.807) is 24.3 Å². The Morgan fingerprint density at radius 1 is 0.822 bits per heavy atom. The van der Waals surface area contributed by atoms with Gasteiger partial charge in [0, 0.05) is 36.0 Å². The van der Waals surface area contributed by atoms with Gasteiger partial charge in [0.1, 0.15) is 12.4 Å². The first-order valence-corrected chi connectivity index (χ1v) is 17.3. The van der Waals surface area contributed by atoms with Gasteiger partial charge in [-0.2, -0.15) is 0 Å². The smallest absolute Gasteiger partial charge is 0.232 e. The molecule has 4 aromatic carbocycles. The van der Waals surface area contributed by atoms with Gasteiger partial charge in [-0.3, -0.25) is 14.0 Å². The Kier molecular flexibility index (Phi) is 9.33. The van der Waals surface area contributed by atoms with Gasteiger partial charge in [-0.25, -0.2) is 8.42 Å². The summed E-state index contributed by atoms with van der Waals surface area (Å²) in [5, 5.41) is 1.13. The van der Waals surface area contributed by atoms with Gasteiger partial charge in [0.15, 0.2) is 17.1 Å². The number of benzene rings is 4. The van der Waals surface area contributed by atoms with E-state index in [-0.39, 0.29) is 18.9 Å². The second kappa shape index (κ2) is 13.7. The topological polar surface area (TPSA) is 80.1 Å². The third-order valence-electron chi connectivity index (χ3n) is 8.25. The van der Waals surface area contributed by atoms with E-state index in [9.17, 15) is 13.2 Å². The van der Waals surface area contributed by atoms with Crippen LogP contribution in [0.2, 0.25) is 0 Å². The first-order valence-electron chi connectivity index (χ1n) is 15.4. The van der Waals surface area contributed by atoms with E-state index >= 15 is 0 Å². The van der Waals surface area contributed by atoms with Crippen molar-refractivity contribution in [2.45, 2.75) is 38.8 Å². The summed E-state index contributed by atoms with van der Waals surface area (Å²) >= 11 is 0. The predicted molar refractivity (Wildman–Crippen MR) is 178 cm³/mol. The van der Waals surface area contributed by atoms with E-state index in [1.807, 2.05) is 72.8 Å². The molecule has 8 heteroatoms. The van der Waals surface area contributed by atoms with Crippen molar-refractivity contribution in [3.05, 3.63) is 131 Å². The van der Waals surface area contributed by atoms with Crippen LogP contribution in [0.3, 0.4) is 0 Å². The molecule has 0 aliphatic heterocycles. The molecule has 1 aliphatic carbocycles. The average molecular weight is 623 g/mol. The quantitative estimate of drug-likeness (QED) is 0.131. The van der Waals surface area contributed by atoms with Crippen LogP contribution >= 0.6 is 0 Å². The van der Waals surface area contributed by atoms with Crippen LogP contribution in [-0.4, -0.2) is 45.1 Å². The van der Waals surface area contributed by atoms with Crippen molar-refractivity contribution in [3.63, 3.8) is 0 Å². The molecule has 0 saturated carbocycles. The van der Waals surface area contributed by atoms with Gasteiger partial charge in [0.25, 0.3) is 0 Å². The minimum absolute atomic E-state index is 0.0956. The highest BCUT2D eigenvalue weighted by Gasteiger charge is 2.22. The Morgan fingerprint density at radius 2 is 1.51 bits per heavy atom. The fourth-order valence-corrected chi connectivity index (χ4v) is 6.87. The zero-order valence-corrected chi connectivity index (χ0v) is 26.3. The van der Waals surface area contributed by atoms with Crippen molar-refractivity contribution in [1.82, 2.24) is 4.90 Å². The molecule has 7 nitrogen and oxygen atoms in total. The maximum atomic E-state index is 13.7. The molecule has 0 unspecified atom stereocenters. The number of fused-ring (bicyclic) bond motifs is 3. The van der Waals surface area contributed by atoms with Gasteiger partial charge >= 0.3 is 0 Å². The van der Waals surface area contributed by atoms with E-state index in [1.165, 1.54) is 22.5 Å². The molecule has 0 radical (unpaired) electrons. The summed E-state index contributed by atoms with van der Waals surface area (Å²) in [7, 11) is -3.59. The van der Waals surface area contributed by atoms with Crippen molar-refractivity contribution < 1.29 is 22.4 Å². The van der Waals surface area contributed by atoms with Crippen molar-refractivity contribution in [2.75, 3.05) is 30.3 Å². The lowest BCUT2D eigenvalue weighted by Crippen LogP contribution is -2.33. The van der Waals surface area contributed by atoms with Crippen LogP contribution in [0.15, 0.2) is 108 Å². The number of nitrogens with zero attached hydrogens (tertiary/aromatic N) is 2. The molecule has 0 spiro atoms. The molecule has 0 bridgehead atoms. The van der Waals surface area contributed by atoms with Crippen molar-refractivity contribution >= 4 is 32.5 Å². The molecule has 5 aromatic rings. The van der Waals surface area contributed by atoms with Gasteiger partial charge in [-0.1, -0.05) is 84.9 Å². The molecular weight excluding hydrogens is 584 g/mol. The van der Waals surface area contributed by atoms with E-state index < -0.39 is 10.0 Å². The van der Waals surface area contributed by atoms with Crippen LogP contribution < -0.4 is 9.04 Å². The Bertz CT molecular complexity index is 1870. The van der Waals surface area contributed by atoms with Crippen molar-refractivity contribution in [1.29, 1.82) is 0 Å². The van der Waals surface area contributed by atoms with Crippen LogP contribution in [0.25, 0.3) is 11.0 Å². The number of ether oxygens (including phenoxy) is 1. The van der Waals surface area contributed by atoms with Crippen molar-refractivity contribution in [3.8, 4) is 5.75 Å². The van der Waals surface area contributed by atoms with E-state index in [4.69, 9.17) is 9.15 Å². The number of rotatable bonds is 13. The first-order chi connectivity index (χ1) is 21.8. The minimum Gasteiger partial charge on any atom is -0.488 e. The molecule has 0 saturated heterocycles. The standard InChI is InChI=1S/C37H38N2O5S/c1-45(41,42)39(26-29-14-6-3-7-15-29)31-17-10-16-30(24-31)34(40)27-38(25-28-12-4-2-5-13-28)22-23-43-36-21-11-19-33-32-18-8-9-20-35(32)44-37(33)36/h2-7,10-17,19,21,24H,8-9,18,20,22-23,25-27H2,1H3. The summed E-state index contributed by atoms with van der Waals surface area (Å²) in [5.74, 6) is 1.70. The number of hydrogen-bond acceptors (Lipinski definition) is 6. The molecule has 0 fully saturated rings. The molecule has 6 rings (SSSR count). The summed E-state index contributed by atoms with van der Waals surface area (Å²) in [5.41, 5.74) is 4.97. The van der Waals surface area contributed by atoms with Crippen LogP contribution in [-0.2, 0) is 36.0 Å². The lowest BCUT2D eigenvalue weighted by Gasteiger charge is -2.24. The summed E-state index contributed by atoms with van der Waals surface area (Å²) < 4.78 is 39.4. The number of carbonyl (C=O) groups is 1. The lowest BCUT2D eigenvalue weighted by molar-refractivity contribution is 0.0912. The third kappa shape index (κ3) is 7.47. The fraction of sp³-hybridized carbons (Fsp3) is 0.270. The van der Waals surface area contributed by atoms with Crippen LogP contribution in [0.1, 0.15) is 45.7 Å². The first kappa shape index (κ1) is 30.6. The Labute approximate surface area is 265 Å². The molecule has 0 atom stereocenters. The minimum atomic E-state index is -3.59. The van der Waals surface area contributed by atoms with Gasteiger partial charge in [-0.05, 0) is 48.6 Å². The van der Waals surface area contributed by atoms with Crippen LogP contribution in [0, 0.1) is 0 Å². The van der Waals surface area contributed by atoms with Crippen molar-refractivity contribution in [2.24, 2.45) is 0 Å². The summed E-state index contributed by atoms with van der Waals surface area (Å²) in [4.78, 5) is 15.7. The van der Waals surface area contributed by atoms with E-state index in [0.717, 1.165) is 52.9 Å². The Hall–Kier alpha value is -4.40. The summed E-state index contributed by atoms with van der Waals surface area (Å²) in [6.07, 6.45) is 5.51. The molecule has 232 valence electrons. The van der Waals surface area contributed by atoms with Gasteiger partial charge in [-0.15, -0.1) is 0 Å². The number of furan rings is 1. The van der Waals surface area contributed by atoms with E-state index in [0.29, 0.717) is 30.9 Å². The predicted octanol–water partition coefficient (Wildman–Crippen LogP) is 7.04. The van der Waals surface area contributed by atoms with Gasteiger partial charge in [0.05, 0.1) is 25.0 Å². The lowest BCUT2D eigenvalue weighted by atomic mass is 9.96. The molecule has 0 amide bonds. The monoisotopic (exact) mass is 622 g/mol. The number of para-hydroxylation sites is 1. The molecule has 0 N–H and O–H groups in total. The highest BCUT2D eigenvalue weighted by Crippen LogP contribution is 2.36. The number of aryl methyl sites for hydroxylation is 2. The summed E-state index contributed by atoms with van der Waals surface area (Å²) in [6.45, 7) is 1.79. The highest BCUT2D eigenvalue weighted by atomic mass is 32.2. The maximum absolute atomic E-state index is 13.7. The second-order valence-corrected chi connectivity index (χ2v) is 13.5. The number of ketones is 1. The number of carbonyl (C=O) groups excluding carboxylic acids is 1. The maximum Gasteiger partial charge on any atom is 0.232 e. The molecule has 1 heterocycles. The Morgan fingerprint density at radius 3 is 2.24 bits per heavy atom. The molecular formula is C37H38N2O5S. The van der Waals surface area contributed by atoms with Crippen LogP contribution in [0.5, 0.6) is 5.75 Å². The molecule has 1 aromatic heterocycles. The summed E-state index contributed by atoms with van der Waals surface area (Å²) in [6, 6.07) is 32.4. The van der Waals surface area contributed by atoms with Crippen LogP contribution in [0.4, 0.5) is 5.69 Å². The van der Waals surface area contributed by atoms with E-state index in [2.05, 4.69) is 11.0 Å². The second-order valence-electron chi connectivity index (χ2n) is 11.6. The molecule has 1 aliphatic rings. The third-order valence-corrected chi connectivity index (χ3v) is 9.39. The normalized spacial score (nSPS) is 13.1. The molecule has 45 heavy (non-hydrogen) atoms. The number of sulfonamides is 1. The van der Waals surface area contributed by atoms with Gasteiger partial charge < -0.3 is 9.15 Å². The SMILES string of the molecule is CS(=O)(=O)N(Cc1ccccc1)c1cccc(C(=O)CN(CCOc2cccc3c4c(oc23)CCCC4)Cc2ccccc2)c1. The highest BCUT2D eigenvalue weighted by molar-refractivity contribution is 7.92. The zero-order valence-electron chi connectivity index (χ0n) is 25.5. The number of anilines is 1. The van der Waals surface area contributed by atoms with Gasteiger partial charge in [0.2, 0.25) is 10.0 Å². The number of Topliss-reactive ketones (excluding diaryl/α,β-unsaturated/α-hetero) is 1. The average Bonchev–Trinajstić information content (AvgIpc) is 3.44. The fourth-order valence-electron chi connectivity index (χ4n) is 5.99.